The van der Waals surface area contributed by atoms with Crippen LogP contribution >= 0.6 is 11.6 Å². The van der Waals surface area contributed by atoms with E-state index in [1.54, 1.807) is 7.11 Å². The molecule has 0 aliphatic heterocycles. The molecule has 0 saturated heterocycles. The van der Waals surface area contributed by atoms with Crippen LogP contribution in [0.5, 0.6) is 0 Å². The highest BCUT2D eigenvalue weighted by atomic mass is 35.5. The number of anilines is 1. The van der Waals surface area contributed by atoms with E-state index in [4.69, 9.17) is 16.3 Å². The lowest BCUT2D eigenvalue weighted by Gasteiger charge is -2.14. The van der Waals surface area contributed by atoms with Gasteiger partial charge >= 0.3 is 0 Å². The predicted octanol–water partition coefficient (Wildman–Crippen LogP) is 1.84. The van der Waals surface area contributed by atoms with E-state index in [1.807, 2.05) is 30.7 Å². The molecule has 0 spiro atoms. The molecule has 0 saturated carbocycles. The van der Waals surface area contributed by atoms with Crippen LogP contribution in [0.25, 0.3) is 0 Å². The first kappa shape index (κ1) is 14.6. The summed E-state index contributed by atoms with van der Waals surface area (Å²) in [7, 11) is 1.57. The summed E-state index contributed by atoms with van der Waals surface area (Å²) in [4.78, 5) is 12.1. The van der Waals surface area contributed by atoms with Crippen molar-refractivity contribution in [3.05, 3.63) is 45.1 Å². The SMILES string of the molecule is COCCn1ncc(Nn2c(C)ccc2C)c(Cl)c1=O. The first-order valence-electron chi connectivity index (χ1n) is 6.21. The first-order valence-corrected chi connectivity index (χ1v) is 6.59. The van der Waals surface area contributed by atoms with Gasteiger partial charge in [0.1, 0.15) is 5.02 Å². The Morgan fingerprint density at radius 3 is 2.60 bits per heavy atom. The summed E-state index contributed by atoms with van der Waals surface area (Å²) in [6.07, 6.45) is 1.54. The number of ether oxygens (including phenoxy) is 1. The van der Waals surface area contributed by atoms with Gasteiger partial charge in [0.25, 0.3) is 5.56 Å². The van der Waals surface area contributed by atoms with E-state index in [0.29, 0.717) is 18.8 Å². The predicted molar refractivity (Wildman–Crippen MR) is 78.3 cm³/mol. The molecule has 0 unspecified atom stereocenters. The molecule has 108 valence electrons. The van der Waals surface area contributed by atoms with Crippen LogP contribution in [0.3, 0.4) is 0 Å². The van der Waals surface area contributed by atoms with Crippen LogP contribution in [0.4, 0.5) is 5.69 Å². The average molecular weight is 297 g/mol. The van der Waals surface area contributed by atoms with E-state index in [0.717, 1.165) is 11.4 Å². The molecule has 0 aromatic carbocycles. The van der Waals surface area contributed by atoms with Gasteiger partial charge in [0.2, 0.25) is 0 Å². The van der Waals surface area contributed by atoms with Crippen molar-refractivity contribution in [3.8, 4) is 0 Å². The van der Waals surface area contributed by atoms with Crippen molar-refractivity contribution in [1.29, 1.82) is 0 Å². The molecular formula is C13H17ClN4O2. The van der Waals surface area contributed by atoms with Crippen molar-refractivity contribution < 1.29 is 4.74 Å². The van der Waals surface area contributed by atoms with E-state index >= 15 is 0 Å². The number of aromatic nitrogens is 3. The number of rotatable bonds is 5. The van der Waals surface area contributed by atoms with Crippen LogP contribution in [0, 0.1) is 13.8 Å². The third-order valence-electron chi connectivity index (χ3n) is 3.00. The Bertz CT molecular complexity index is 643. The maximum atomic E-state index is 12.1. The molecule has 0 aliphatic carbocycles. The van der Waals surface area contributed by atoms with Crippen LogP contribution in [-0.4, -0.2) is 28.2 Å². The Morgan fingerprint density at radius 2 is 2.00 bits per heavy atom. The van der Waals surface area contributed by atoms with E-state index in [-0.39, 0.29) is 10.6 Å². The molecule has 6 nitrogen and oxygen atoms in total. The fourth-order valence-electron chi connectivity index (χ4n) is 1.85. The summed E-state index contributed by atoms with van der Waals surface area (Å²) in [5, 5.41) is 4.19. The van der Waals surface area contributed by atoms with Crippen LogP contribution in [-0.2, 0) is 11.3 Å². The quantitative estimate of drug-likeness (QED) is 0.914. The van der Waals surface area contributed by atoms with E-state index in [9.17, 15) is 4.79 Å². The fraction of sp³-hybridized carbons (Fsp3) is 0.385. The Balaban J connectivity index is 2.30. The molecule has 20 heavy (non-hydrogen) atoms. The zero-order chi connectivity index (χ0) is 14.7. The van der Waals surface area contributed by atoms with Gasteiger partial charge in [0, 0.05) is 18.5 Å². The maximum absolute atomic E-state index is 12.1. The minimum absolute atomic E-state index is 0.114. The van der Waals surface area contributed by atoms with Gasteiger partial charge in [-0.25, -0.2) is 4.68 Å². The molecule has 2 rings (SSSR count). The highest BCUT2D eigenvalue weighted by Crippen LogP contribution is 2.17. The summed E-state index contributed by atoms with van der Waals surface area (Å²) in [5.41, 5.74) is 5.26. The molecule has 7 heteroatoms. The number of aryl methyl sites for hydroxylation is 2. The molecule has 2 aromatic rings. The van der Waals surface area contributed by atoms with E-state index in [2.05, 4.69) is 10.5 Å². The molecule has 0 fully saturated rings. The maximum Gasteiger partial charge on any atom is 0.287 e. The Hall–Kier alpha value is -1.79. The number of hydrogen-bond donors (Lipinski definition) is 1. The summed E-state index contributed by atoms with van der Waals surface area (Å²) < 4.78 is 8.06. The average Bonchev–Trinajstić information content (AvgIpc) is 2.74. The van der Waals surface area contributed by atoms with Gasteiger partial charge in [0.05, 0.1) is 25.0 Å². The topological polar surface area (TPSA) is 61.1 Å². The molecule has 0 radical (unpaired) electrons. The minimum Gasteiger partial charge on any atom is -0.383 e. The van der Waals surface area contributed by atoms with Crippen LogP contribution in [0.15, 0.2) is 23.1 Å². The normalized spacial score (nSPS) is 10.8. The molecule has 2 aromatic heterocycles. The van der Waals surface area contributed by atoms with Crippen molar-refractivity contribution in [2.45, 2.75) is 20.4 Å². The summed E-state index contributed by atoms with van der Waals surface area (Å²) in [5.74, 6) is 0. The monoisotopic (exact) mass is 296 g/mol. The van der Waals surface area contributed by atoms with Gasteiger partial charge in [0.15, 0.2) is 0 Å². The van der Waals surface area contributed by atoms with Crippen LogP contribution < -0.4 is 11.0 Å². The van der Waals surface area contributed by atoms with Crippen molar-refractivity contribution in [1.82, 2.24) is 14.5 Å². The molecule has 0 aliphatic rings. The molecule has 2 heterocycles. The third-order valence-corrected chi connectivity index (χ3v) is 3.36. The van der Waals surface area contributed by atoms with E-state index < -0.39 is 0 Å². The van der Waals surface area contributed by atoms with Crippen molar-refractivity contribution >= 4 is 17.3 Å². The van der Waals surface area contributed by atoms with Crippen molar-refractivity contribution in [2.24, 2.45) is 0 Å². The third kappa shape index (κ3) is 2.86. The second kappa shape index (κ2) is 6.11. The largest absolute Gasteiger partial charge is 0.383 e. The molecule has 0 amide bonds. The number of halogens is 1. The van der Waals surface area contributed by atoms with Gasteiger partial charge in [-0.05, 0) is 26.0 Å². The lowest BCUT2D eigenvalue weighted by molar-refractivity contribution is 0.182. The summed E-state index contributed by atoms with van der Waals surface area (Å²) in [6.45, 7) is 4.70. The summed E-state index contributed by atoms with van der Waals surface area (Å²) in [6, 6.07) is 3.95. The smallest absolute Gasteiger partial charge is 0.287 e. The lowest BCUT2D eigenvalue weighted by atomic mass is 10.4. The highest BCUT2D eigenvalue weighted by molar-refractivity contribution is 6.32. The second-order valence-corrected chi connectivity index (χ2v) is 4.83. The number of nitrogens with zero attached hydrogens (tertiary/aromatic N) is 3. The van der Waals surface area contributed by atoms with Gasteiger partial charge in [-0.1, -0.05) is 11.6 Å². The van der Waals surface area contributed by atoms with E-state index in [1.165, 1.54) is 10.9 Å². The zero-order valence-electron chi connectivity index (χ0n) is 11.7. The Labute approximate surface area is 121 Å². The molecule has 0 bridgehead atoms. The fourth-order valence-corrected chi connectivity index (χ4v) is 2.03. The molecular weight excluding hydrogens is 280 g/mol. The molecule has 1 N–H and O–H groups in total. The summed E-state index contributed by atoms with van der Waals surface area (Å²) >= 11 is 6.11. The number of methoxy groups -OCH3 is 1. The second-order valence-electron chi connectivity index (χ2n) is 4.46. The van der Waals surface area contributed by atoms with Crippen LogP contribution in [0.2, 0.25) is 5.02 Å². The Kier molecular flexibility index (Phi) is 4.46. The van der Waals surface area contributed by atoms with Crippen molar-refractivity contribution in [2.75, 3.05) is 19.1 Å². The van der Waals surface area contributed by atoms with Gasteiger partial charge < -0.3 is 4.74 Å². The van der Waals surface area contributed by atoms with Crippen molar-refractivity contribution in [3.63, 3.8) is 0 Å². The first-order chi connectivity index (χ1) is 9.54. The standard InChI is InChI=1S/C13H17ClN4O2/c1-9-4-5-10(2)18(9)16-11-8-15-17(6-7-20-3)13(19)12(11)14/h4-5,8,16H,6-7H2,1-3H3. The van der Waals surface area contributed by atoms with Gasteiger partial charge in [-0.2, -0.15) is 5.10 Å². The highest BCUT2D eigenvalue weighted by Gasteiger charge is 2.10. The minimum atomic E-state index is -0.337. The molecule has 0 atom stereocenters. The van der Waals surface area contributed by atoms with Gasteiger partial charge in [-0.15, -0.1) is 0 Å². The number of nitrogens with one attached hydrogen (secondary N) is 1. The Morgan fingerprint density at radius 1 is 1.35 bits per heavy atom. The zero-order valence-corrected chi connectivity index (χ0v) is 12.4. The van der Waals surface area contributed by atoms with Gasteiger partial charge in [-0.3, -0.25) is 14.9 Å². The van der Waals surface area contributed by atoms with Crippen LogP contribution in [0.1, 0.15) is 11.4 Å². The number of hydrogen-bond acceptors (Lipinski definition) is 4. The lowest BCUT2D eigenvalue weighted by Crippen LogP contribution is -2.26.